The summed E-state index contributed by atoms with van der Waals surface area (Å²) in [5.74, 6) is -1.15. The second-order valence-electron chi connectivity index (χ2n) is 9.82. The van der Waals surface area contributed by atoms with E-state index in [1.54, 1.807) is 12.1 Å². The summed E-state index contributed by atoms with van der Waals surface area (Å²) in [6, 6.07) is 6.14. The molecular formula is C26H27F7N2O2. The molecule has 2 aromatic rings. The average molecular weight is 533 g/mol. The molecule has 2 aromatic carbocycles. The Labute approximate surface area is 209 Å². The largest absolute Gasteiger partial charge is 0.416 e. The van der Waals surface area contributed by atoms with E-state index in [1.807, 2.05) is 6.92 Å². The smallest absolute Gasteiger partial charge is 0.373 e. The minimum Gasteiger partial charge on any atom is -0.373 e. The summed E-state index contributed by atoms with van der Waals surface area (Å²) in [5, 5.41) is 2.95. The predicted molar refractivity (Wildman–Crippen MR) is 121 cm³/mol. The SMILES string of the molecule is CC[C@@]1([C@H]2C[C@H](N)C(=O)N2)CC[C@H](OCc2cc(C(F)(F)F)cc(C(F)(F)F)c2)[C@H]1c1ccc(F)cc1. The van der Waals surface area contributed by atoms with E-state index >= 15 is 0 Å². The number of alkyl halides is 6. The first-order valence-electron chi connectivity index (χ1n) is 12.0. The van der Waals surface area contributed by atoms with Gasteiger partial charge in [-0.15, -0.1) is 0 Å². The second kappa shape index (κ2) is 9.90. The zero-order chi connectivity index (χ0) is 27.2. The van der Waals surface area contributed by atoms with Gasteiger partial charge in [0.05, 0.1) is 29.9 Å². The third-order valence-electron chi connectivity index (χ3n) is 7.72. The number of benzene rings is 2. The molecule has 1 amide bonds. The molecule has 4 rings (SSSR count). The Kier molecular flexibility index (Phi) is 7.33. The highest BCUT2D eigenvalue weighted by Crippen LogP contribution is 2.56. The lowest BCUT2D eigenvalue weighted by Crippen LogP contribution is -2.45. The Morgan fingerprint density at radius 3 is 2.11 bits per heavy atom. The lowest BCUT2D eigenvalue weighted by molar-refractivity contribution is -0.143. The fourth-order valence-corrected chi connectivity index (χ4v) is 5.92. The maximum atomic E-state index is 13.7. The van der Waals surface area contributed by atoms with Crippen LogP contribution in [0.3, 0.4) is 0 Å². The third-order valence-corrected chi connectivity index (χ3v) is 7.72. The molecule has 11 heteroatoms. The number of nitrogens with one attached hydrogen (secondary N) is 1. The van der Waals surface area contributed by atoms with Crippen LogP contribution >= 0.6 is 0 Å². The lowest BCUT2D eigenvalue weighted by Gasteiger charge is -2.42. The molecular weight excluding hydrogens is 505 g/mol. The summed E-state index contributed by atoms with van der Waals surface area (Å²) in [5.41, 5.74) is 3.03. The number of hydrogen-bond acceptors (Lipinski definition) is 3. The maximum Gasteiger partial charge on any atom is 0.416 e. The van der Waals surface area contributed by atoms with Crippen LogP contribution in [0.4, 0.5) is 30.7 Å². The summed E-state index contributed by atoms with van der Waals surface area (Å²) in [4.78, 5) is 12.2. The molecule has 5 atom stereocenters. The van der Waals surface area contributed by atoms with Crippen molar-refractivity contribution < 1.29 is 40.3 Å². The average Bonchev–Trinajstić information content (AvgIpc) is 3.37. The van der Waals surface area contributed by atoms with Crippen LogP contribution < -0.4 is 11.1 Å². The Balaban J connectivity index is 1.67. The molecule has 1 aliphatic heterocycles. The molecule has 3 N–H and O–H groups in total. The first-order chi connectivity index (χ1) is 17.2. The fraction of sp³-hybridized carbons (Fsp3) is 0.500. The van der Waals surface area contributed by atoms with E-state index in [-0.39, 0.29) is 23.6 Å². The van der Waals surface area contributed by atoms with Crippen LogP contribution in [0.5, 0.6) is 0 Å². The van der Waals surface area contributed by atoms with E-state index < -0.39 is 59.4 Å². The van der Waals surface area contributed by atoms with Crippen molar-refractivity contribution in [2.24, 2.45) is 11.1 Å². The van der Waals surface area contributed by atoms with Crippen LogP contribution in [-0.4, -0.2) is 24.1 Å². The van der Waals surface area contributed by atoms with Gasteiger partial charge in [0, 0.05) is 12.0 Å². The van der Waals surface area contributed by atoms with Gasteiger partial charge in [-0.05, 0) is 72.6 Å². The molecule has 4 nitrogen and oxygen atoms in total. The molecule has 2 aliphatic rings. The molecule has 1 saturated heterocycles. The summed E-state index contributed by atoms with van der Waals surface area (Å²) in [7, 11) is 0. The number of halogens is 7. The van der Waals surface area contributed by atoms with Gasteiger partial charge in [0.1, 0.15) is 5.82 Å². The van der Waals surface area contributed by atoms with Gasteiger partial charge in [-0.25, -0.2) is 4.39 Å². The number of carbonyl (C=O) groups excluding carboxylic acids is 1. The molecule has 1 heterocycles. The summed E-state index contributed by atoms with van der Waals surface area (Å²) in [6.45, 7) is 1.46. The number of ether oxygens (including phenoxy) is 1. The summed E-state index contributed by atoms with van der Waals surface area (Å²) < 4.78 is 99.5. The highest BCUT2D eigenvalue weighted by Gasteiger charge is 2.55. The Morgan fingerprint density at radius 2 is 1.62 bits per heavy atom. The minimum absolute atomic E-state index is 0.0779. The second-order valence-corrected chi connectivity index (χ2v) is 9.82. The van der Waals surface area contributed by atoms with Gasteiger partial charge in [0.25, 0.3) is 0 Å². The molecule has 0 unspecified atom stereocenters. The van der Waals surface area contributed by atoms with Crippen LogP contribution in [-0.2, 0) is 28.5 Å². The quantitative estimate of drug-likeness (QED) is 0.453. The van der Waals surface area contributed by atoms with Crippen molar-refractivity contribution in [2.75, 3.05) is 0 Å². The van der Waals surface area contributed by atoms with Crippen molar-refractivity contribution >= 4 is 5.91 Å². The Morgan fingerprint density at radius 1 is 1.03 bits per heavy atom. The van der Waals surface area contributed by atoms with E-state index in [1.165, 1.54) is 12.1 Å². The summed E-state index contributed by atoms with van der Waals surface area (Å²) in [6.07, 6.45) is -8.53. The minimum atomic E-state index is -4.96. The normalized spacial score (nSPS) is 28.5. The van der Waals surface area contributed by atoms with E-state index in [2.05, 4.69) is 5.32 Å². The highest BCUT2D eigenvalue weighted by atomic mass is 19.4. The third kappa shape index (κ3) is 5.47. The van der Waals surface area contributed by atoms with Crippen LogP contribution in [0, 0.1) is 11.2 Å². The van der Waals surface area contributed by atoms with E-state index in [0.29, 0.717) is 43.4 Å². The van der Waals surface area contributed by atoms with Crippen LogP contribution in [0.25, 0.3) is 0 Å². The van der Waals surface area contributed by atoms with Gasteiger partial charge in [0.15, 0.2) is 0 Å². The van der Waals surface area contributed by atoms with Crippen molar-refractivity contribution in [3.63, 3.8) is 0 Å². The van der Waals surface area contributed by atoms with Crippen LogP contribution in [0.15, 0.2) is 42.5 Å². The standard InChI is InChI=1S/C26H27F7N2O2/c1-2-24(21-12-19(34)23(36)35-21)8-7-20(22(24)15-3-5-18(27)6-4-15)37-13-14-9-16(25(28,29)30)11-17(10-14)26(31,32)33/h3-6,9-11,19-22H,2,7-8,12-13,34H2,1H3,(H,35,36)/t19-,20-,21+,22+,24-/m0/s1. The number of amides is 1. The molecule has 0 aromatic heterocycles. The molecule has 1 saturated carbocycles. The van der Waals surface area contributed by atoms with Gasteiger partial charge in [-0.1, -0.05) is 19.1 Å². The van der Waals surface area contributed by atoms with Gasteiger partial charge in [-0.2, -0.15) is 26.3 Å². The van der Waals surface area contributed by atoms with E-state index in [9.17, 15) is 35.5 Å². The number of rotatable bonds is 6. The molecule has 0 spiro atoms. The fourth-order valence-electron chi connectivity index (χ4n) is 5.92. The first-order valence-corrected chi connectivity index (χ1v) is 12.0. The number of carbonyl (C=O) groups is 1. The predicted octanol–water partition coefficient (Wildman–Crippen LogP) is 5.94. The Hall–Kier alpha value is -2.66. The Bertz CT molecular complexity index is 1100. The molecule has 0 bridgehead atoms. The van der Waals surface area contributed by atoms with Gasteiger partial charge in [0.2, 0.25) is 5.91 Å². The maximum absolute atomic E-state index is 13.7. The van der Waals surface area contributed by atoms with Crippen LogP contribution in [0.2, 0.25) is 0 Å². The zero-order valence-corrected chi connectivity index (χ0v) is 19.9. The zero-order valence-electron chi connectivity index (χ0n) is 19.9. The van der Waals surface area contributed by atoms with Gasteiger partial charge < -0.3 is 15.8 Å². The number of hydrogen-bond donors (Lipinski definition) is 2. The monoisotopic (exact) mass is 532 g/mol. The van der Waals surface area contributed by atoms with Gasteiger partial charge in [-0.3, -0.25) is 4.79 Å². The van der Waals surface area contributed by atoms with Gasteiger partial charge >= 0.3 is 12.4 Å². The molecule has 0 radical (unpaired) electrons. The van der Waals surface area contributed by atoms with Crippen molar-refractivity contribution in [2.45, 2.75) is 75.7 Å². The van der Waals surface area contributed by atoms with Crippen molar-refractivity contribution in [1.82, 2.24) is 5.32 Å². The van der Waals surface area contributed by atoms with Crippen molar-refractivity contribution in [3.8, 4) is 0 Å². The number of nitrogens with two attached hydrogens (primary N) is 1. The van der Waals surface area contributed by atoms with Crippen molar-refractivity contribution in [1.29, 1.82) is 0 Å². The van der Waals surface area contributed by atoms with Crippen molar-refractivity contribution in [3.05, 3.63) is 70.5 Å². The van der Waals surface area contributed by atoms with E-state index in [4.69, 9.17) is 10.5 Å². The molecule has 202 valence electrons. The molecule has 2 fully saturated rings. The lowest BCUT2D eigenvalue weighted by atomic mass is 9.66. The highest BCUT2D eigenvalue weighted by molar-refractivity contribution is 5.84. The summed E-state index contributed by atoms with van der Waals surface area (Å²) >= 11 is 0. The first kappa shape index (κ1) is 27.4. The molecule has 37 heavy (non-hydrogen) atoms. The van der Waals surface area contributed by atoms with E-state index in [0.717, 1.165) is 0 Å². The topological polar surface area (TPSA) is 64.4 Å². The molecule has 1 aliphatic carbocycles. The van der Waals surface area contributed by atoms with Crippen LogP contribution in [0.1, 0.15) is 60.8 Å².